The first-order valence-electron chi connectivity index (χ1n) is 6.20. The summed E-state index contributed by atoms with van der Waals surface area (Å²) in [4.78, 5) is 22.9. The van der Waals surface area contributed by atoms with Gasteiger partial charge in [-0.15, -0.1) is 0 Å². The number of benzene rings is 1. The Kier molecular flexibility index (Phi) is 7.52. The number of amides is 3. The smallest absolute Gasteiger partial charge is 0.312 e. The fraction of sp³-hybridized carbons (Fsp3) is 0.385. The highest BCUT2D eigenvalue weighted by Gasteiger charge is 2.19. The van der Waals surface area contributed by atoms with Crippen LogP contribution in [0.5, 0.6) is 0 Å². The number of hydrogen-bond donors (Lipinski definition) is 3. The zero-order valence-electron chi connectivity index (χ0n) is 11.5. The van der Waals surface area contributed by atoms with Gasteiger partial charge in [0.2, 0.25) is 5.91 Å². The van der Waals surface area contributed by atoms with E-state index in [2.05, 4.69) is 26.6 Å². The van der Waals surface area contributed by atoms with Gasteiger partial charge < -0.3 is 16.4 Å². The third kappa shape index (κ3) is 6.81. The normalized spacial score (nSPS) is 11.8. The van der Waals surface area contributed by atoms with Crippen LogP contribution in [0, 0.1) is 5.82 Å². The molecule has 0 aliphatic rings. The van der Waals surface area contributed by atoms with Gasteiger partial charge in [-0.05, 0) is 42.2 Å². The van der Waals surface area contributed by atoms with Crippen molar-refractivity contribution in [2.75, 3.05) is 12.0 Å². The first kappa shape index (κ1) is 17.8. The molecule has 1 rings (SSSR count). The number of nitrogens with one attached hydrogen (secondary N) is 2. The van der Waals surface area contributed by atoms with Crippen LogP contribution in [0.4, 0.5) is 9.18 Å². The second-order valence-electron chi connectivity index (χ2n) is 4.34. The number of rotatable bonds is 7. The lowest BCUT2D eigenvalue weighted by atomic mass is 10.2. The Morgan fingerprint density at radius 1 is 1.43 bits per heavy atom. The van der Waals surface area contributed by atoms with Gasteiger partial charge >= 0.3 is 6.03 Å². The second kappa shape index (κ2) is 8.89. The molecule has 0 unspecified atom stereocenters. The summed E-state index contributed by atoms with van der Waals surface area (Å²) in [6.45, 7) is 0.172. The molecule has 1 atom stereocenters. The minimum atomic E-state index is -0.746. The summed E-state index contributed by atoms with van der Waals surface area (Å²) in [5.74, 6) is -0.0183. The van der Waals surface area contributed by atoms with E-state index in [0.29, 0.717) is 22.2 Å². The summed E-state index contributed by atoms with van der Waals surface area (Å²) in [6, 6.07) is 2.95. The molecule has 0 fully saturated rings. The minimum absolute atomic E-state index is 0.172. The molecular weight excluding hydrogens is 361 g/mol. The lowest BCUT2D eigenvalue weighted by molar-refractivity contribution is -0.123. The van der Waals surface area contributed by atoms with E-state index in [9.17, 15) is 14.0 Å². The van der Waals surface area contributed by atoms with E-state index in [1.54, 1.807) is 17.8 Å². The monoisotopic (exact) mass is 377 g/mol. The third-order valence-electron chi connectivity index (χ3n) is 2.63. The summed E-state index contributed by atoms with van der Waals surface area (Å²) in [5, 5.41) is 5.07. The number of urea groups is 1. The Labute approximate surface area is 135 Å². The molecule has 0 bridgehead atoms. The van der Waals surface area contributed by atoms with Gasteiger partial charge in [0.1, 0.15) is 11.9 Å². The number of primary amides is 1. The maximum atomic E-state index is 13.2. The van der Waals surface area contributed by atoms with Crippen LogP contribution in [0.15, 0.2) is 22.7 Å². The van der Waals surface area contributed by atoms with Crippen molar-refractivity contribution in [3.05, 3.63) is 34.1 Å². The molecule has 0 aliphatic carbocycles. The summed E-state index contributed by atoms with van der Waals surface area (Å²) >= 11 is 4.75. The highest BCUT2D eigenvalue weighted by molar-refractivity contribution is 9.10. The van der Waals surface area contributed by atoms with E-state index in [4.69, 9.17) is 5.73 Å². The van der Waals surface area contributed by atoms with E-state index in [-0.39, 0.29) is 18.3 Å². The summed E-state index contributed by atoms with van der Waals surface area (Å²) in [5.41, 5.74) is 5.68. The molecule has 0 spiro atoms. The average molecular weight is 378 g/mol. The molecule has 5 nitrogen and oxygen atoms in total. The van der Waals surface area contributed by atoms with Gasteiger partial charge in [0.15, 0.2) is 0 Å². The zero-order valence-corrected chi connectivity index (χ0v) is 13.9. The van der Waals surface area contributed by atoms with Crippen molar-refractivity contribution >= 4 is 39.6 Å². The minimum Gasteiger partial charge on any atom is -0.352 e. The van der Waals surface area contributed by atoms with Crippen molar-refractivity contribution in [3.8, 4) is 0 Å². The molecule has 1 aromatic carbocycles. The van der Waals surface area contributed by atoms with Crippen LogP contribution in [-0.2, 0) is 11.3 Å². The molecule has 116 valence electrons. The molecule has 0 saturated heterocycles. The molecule has 21 heavy (non-hydrogen) atoms. The van der Waals surface area contributed by atoms with E-state index < -0.39 is 12.1 Å². The van der Waals surface area contributed by atoms with E-state index in [0.717, 1.165) is 0 Å². The Balaban J connectivity index is 2.61. The van der Waals surface area contributed by atoms with Crippen LogP contribution < -0.4 is 16.4 Å². The molecule has 8 heteroatoms. The number of carbonyl (C=O) groups is 2. The highest BCUT2D eigenvalue weighted by atomic mass is 79.9. The van der Waals surface area contributed by atoms with Gasteiger partial charge in [-0.1, -0.05) is 15.9 Å². The van der Waals surface area contributed by atoms with Crippen LogP contribution in [0.2, 0.25) is 0 Å². The van der Waals surface area contributed by atoms with Crippen molar-refractivity contribution in [1.82, 2.24) is 10.6 Å². The van der Waals surface area contributed by atoms with Crippen molar-refractivity contribution in [1.29, 1.82) is 0 Å². The SMILES string of the molecule is CSCC[C@H](NC(N)=O)C(=O)NCc1cc(F)cc(Br)c1. The van der Waals surface area contributed by atoms with Crippen LogP contribution >= 0.6 is 27.7 Å². The fourth-order valence-electron chi connectivity index (χ4n) is 1.70. The topological polar surface area (TPSA) is 84.2 Å². The quantitative estimate of drug-likeness (QED) is 0.679. The molecule has 1 aromatic rings. The van der Waals surface area contributed by atoms with E-state index >= 15 is 0 Å². The molecular formula is C13H17BrFN3O2S. The number of halogens is 2. The zero-order chi connectivity index (χ0) is 15.8. The van der Waals surface area contributed by atoms with Crippen LogP contribution in [0.1, 0.15) is 12.0 Å². The molecule has 0 saturated carbocycles. The van der Waals surface area contributed by atoms with Gasteiger partial charge in [0, 0.05) is 11.0 Å². The number of hydrogen-bond acceptors (Lipinski definition) is 3. The van der Waals surface area contributed by atoms with Gasteiger partial charge in [-0.3, -0.25) is 4.79 Å². The lowest BCUT2D eigenvalue weighted by Crippen LogP contribution is -2.48. The van der Waals surface area contributed by atoms with Gasteiger partial charge in [-0.25, -0.2) is 9.18 Å². The number of carbonyl (C=O) groups excluding carboxylic acids is 2. The molecule has 0 aromatic heterocycles. The predicted octanol–water partition coefficient (Wildman–Crippen LogP) is 1.99. The summed E-state index contributed by atoms with van der Waals surface area (Å²) < 4.78 is 13.8. The van der Waals surface area contributed by atoms with Gasteiger partial charge in [0.05, 0.1) is 0 Å². The van der Waals surface area contributed by atoms with Crippen molar-refractivity contribution < 1.29 is 14.0 Å². The Morgan fingerprint density at radius 3 is 2.71 bits per heavy atom. The van der Waals surface area contributed by atoms with Crippen LogP contribution in [-0.4, -0.2) is 30.0 Å². The van der Waals surface area contributed by atoms with Gasteiger partial charge in [-0.2, -0.15) is 11.8 Å². The molecule has 0 heterocycles. The van der Waals surface area contributed by atoms with Crippen LogP contribution in [0.25, 0.3) is 0 Å². The Bertz CT molecular complexity index is 496. The second-order valence-corrected chi connectivity index (χ2v) is 6.24. The molecule has 3 amide bonds. The van der Waals surface area contributed by atoms with Crippen LogP contribution in [0.3, 0.4) is 0 Å². The average Bonchev–Trinajstić information content (AvgIpc) is 2.39. The van der Waals surface area contributed by atoms with E-state index in [1.807, 2.05) is 6.26 Å². The predicted molar refractivity (Wildman–Crippen MR) is 85.5 cm³/mol. The molecule has 0 radical (unpaired) electrons. The van der Waals surface area contributed by atoms with E-state index in [1.165, 1.54) is 12.1 Å². The summed E-state index contributed by atoms with van der Waals surface area (Å²) in [6.07, 6.45) is 2.38. The summed E-state index contributed by atoms with van der Waals surface area (Å²) in [7, 11) is 0. The van der Waals surface area contributed by atoms with Gasteiger partial charge in [0.25, 0.3) is 0 Å². The number of nitrogens with two attached hydrogens (primary N) is 1. The first-order chi connectivity index (χ1) is 9.92. The molecule has 0 aliphatic heterocycles. The first-order valence-corrected chi connectivity index (χ1v) is 8.38. The molecule has 4 N–H and O–H groups in total. The van der Waals surface area contributed by atoms with Crippen molar-refractivity contribution in [2.45, 2.75) is 19.0 Å². The largest absolute Gasteiger partial charge is 0.352 e. The standard InChI is InChI=1S/C13H17BrFN3O2S/c1-21-3-2-11(18-13(16)20)12(19)17-7-8-4-9(14)6-10(15)5-8/h4-6,11H,2-3,7H2,1H3,(H,17,19)(H3,16,18,20)/t11-/m0/s1. The lowest BCUT2D eigenvalue weighted by Gasteiger charge is -2.17. The fourth-order valence-corrected chi connectivity index (χ4v) is 2.69. The maximum Gasteiger partial charge on any atom is 0.312 e. The number of thioether (sulfide) groups is 1. The Morgan fingerprint density at radius 2 is 2.14 bits per heavy atom. The van der Waals surface area contributed by atoms with Crippen molar-refractivity contribution in [3.63, 3.8) is 0 Å². The van der Waals surface area contributed by atoms with Crippen molar-refractivity contribution in [2.24, 2.45) is 5.73 Å². The highest BCUT2D eigenvalue weighted by Crippen LogP contribution is 2.14. The maximum absolute atomic E-state index is 13.2. The Hall–Kier alpha value is -1.28. The third-order valence-corrected chi connectivity index (χ3v) is 3.73.